The van der Waals surface area contributed by atoms with Gasteiger partial charge in [0.2, 0.25) is 0 Å². The van der Waals surface area contributed by atoms with Crippen LogP contribution in [0.4, 0.5) is 0 Å². The van der Waals surface area contributed by atoms with Crippen LogP contribution in [0.1, 0.15) is 28.3 Å². The van der Waals surface area contributed by atoms with Crippen LogP contribution in [-0.2, 0) is 13.1 Å². The van der Waals surface area contributed by atoms with Crippen LogP contribution in [0.5, 0.6) is 0 Å². The quantitative estimate of drug-likeness (QED) is 0.457. The lowest BCUT2D eigenvalue weighted by Gasteiger charge is -2.09. The molecular weight excluding hydrogens is 438 g/mol. The Hall–Kier alpha value is -2.52. The van der Waals surface area contributed by atoms with Gasteiger partial charge in [-0.25, -0.2) is 0 Å². The lowest BCUT2D eigenvalue weighted by atomic mass is 10.1. The van der Waals surface area contributed by atoms with Crippen LogP contribution in [0.15, 0.2) is 41.1 Å². The minimum absolute atomic E-state index is 0.501. The van der Waals surface area contributed by atoms with E-state index in [9.17, 15) is 0 Å². The van der Waals surface area contributed by atoms with Gasteiger partial charge in [-0.15, -0.1) is 0 Å². The largest absolute Gasteiger partial charge is 0.267 e. The molecule has 28 heavy (non-hydrogen) atoms. The Morgan fingerprint density at radius 2 is 1.86 bits per heavy atom. The molecule has 0 aliphatic rings. The topological polar surface area (TPSA) is 69.2 Å². The van der Waals surface area contributed by atoms with Crippen LogP contribution >= 0.6 is 28.1 Å². The normalized spacial score (nSPS) is 11.3. The molecule has 144 valence electrons. The average Bonchev–Trinajstić information content (AvgIpc) is 3.30. The molecule has 0 fully saturated rings. The second-order valence-electron chi connectivity index (χ2n) is 6.80. The maximum absolute atomic E-state index is 5.52. The zero-order valence-electron chi connectivity index (χ0n) is 15.8. The van der Waals surface area contributed by atoms with Crippen molar-refractivity contribution in [3.63, 3.8) is 0 Å². The Morgan fingerprint density at radius 3 is 2.54 bits per heavy atom. The zero-order chi connectivity index (χ0) is 19.8. The SMILES string of the molecule is Cc1ccc(Cn2nc(C)c(-n3c(Cn4cc(Br)cn4)n[nH]c3=S)c2C)cc1. The average molecular weight is 458 g/mol. The van der Waals surface area contributed by atoms with Crippen molar-refractivity contribution in [1.82, 2.24) is 34.3 Å². The molecule has 0 aliphatic carbocycles. The van der Waals surface area contributed by atoms with Gasteiger partial charge in [0.1, 0.15) is 6.54 Å². The van der Waals surface area contributed by atoms with Gasteiger partial charge in [0.25, 0.3) is 0 Å². The first-order valence-electron chi connectivity index (χ1n) is 8.86. The number of halogens is 1. The molecule has 0 atom stereocenters. The summed E-state index contributed by atoms with van der Waals surface area (Å²) in [5.74, 6) is 0.779. The highest BCUT2D eigenvalue weighted by Crippen LogP contribution is 2.22. The fourth-order valence-corrected chi connectivity index (χ4v) is 3.84. The molecule has 0 bridgehead atoms. The van der Waals surface area contributed by atoms with Crippen LogP contribution in [0.2, 0.25) is 0 Å². The van der Waals surface area contributed by atoms with Crippen molar-refractivity contribution in [2.75, 3.05) is 0 Å². The molecule has 4 aromatic rings. The highest BCUT2D eigenvalue weighted by Gasteiger charge is 2.19. The summed E-state index contributed by atoms with van der Waals surface area (Å²) in [6.45, 7) is 7.36. The second-order valence-corrected chi connectivity index (χ2v) is 8.10. The Morgan fingerprint density at radius 1 is 1.11 bits per heavy atom. The van der Waals surface area contributed by atoms with E-state index < -0.39 is 0 Å². The number of H-pyrrole nitrogens is 1. The van der Waals surface area contributed by atoms with E-state index in [0.29, 0.717) is 17.9 Å². The molecular formula is C19H20BrN7S. The predicted molar refractivity (Wildman–Crippen MR) is 113 cm³/mol. The van der Waals surface area contributed by atoms with Crippen LogP contribution in [0.25, 0.3) is 5.69 Å². The first kappa shape index (κ1) is 18.8. The Labute approximate surface area is 176 Å². The zero-order valence-corrected chi connectivity index (χ0v) is 18.3. The van der Waals surface area contributed by atoms with Crippen molar-refractivity contribution in [3.05, 3.63) is 74.2 Å². The summed E-state index contributed by atoms with van der Waals surface area (Å²) >= 11 is 8.94. The first-order chi connectivity index (χ1) is 13.4. The molecule has 0 saturated carbocycles. The molecule has 4 rings (SSSR count). The van der Waals surface area contributed by atoms with Crippen molar-refractivity contribution in [3.8, 4) is 5.69 Å². The number of aromatic amines is 1. The maximum Gasteiger partial charge on any atom is 0.200 e. The Balaban J connectivity index is 1.72. The molecule has 1 N–H and O–H groups in total. The second kappa shape index (κ2) is 7.48. The van der Waals surface area contributed by atoms with Gasteiger partial charge < -0.3 is 0 Å². The molecule has 3 aromatic heterocycles. The number of rotatable bonds is 5. The van der Waals surface area contributed by atoms with Crippen LogP contribution in [-0.4, -0.2) is 34.3 Å². The predicted octanol–water partition coefficient (Wildman–Crippen LogP) is 4.11. The van der Waals surface area contributed by atoms with Gasteiger partial charge in [-0.2, -0.15) is 15.3 Å². The van der Waals surface area contributed by atoms with E-state index in [2.05, 4.69) is 69.3 Å². The monoisotopic (exact) mass is 457 g/mol. The Bertz CT molecular complexity index is 1180. The Kier molecular flexibility index (Phi) is 5.03. The number of hydrogen-bond acceptors (Lipinski definition) is 4. The van der Waals surface area contributed by atoms with Gasteiger partial charge in [-0.05, 0) is 54.5 Å². The van der Waals surface area contributed by atoms with Crippen molar-refractivity contribution in [2.24, 2.45) is 0 Å². The summed E-state index contributed by atoms with van der Waals surface area (Å²) < 4.78 is 7.24. The van der Waals surface area contributed by atoms with Crippen LogP contribution in [0.3, 0.4) is 0 Å². The fourth-order valence-electron chi connectivity index (χ4n) is 3.27. The van der Waals surface area contributed by atoms with Gasteiger partial charge in [-0.3, -0.25) is 19.0 Å². The van der Waals surface area contributed by atoms with E-state index in [1.807, 2.05) is 27.1 Å². The number of hydrogen-bond donors (Lipinski definition) is 1. The molecule has 0 aliphatic heterocycles. The number of aryl methyl sites for hydroxylation is 2. The minimum atomic E-state index is 0.501. The van der Waals surface area contributed by atoms with Crippen LogP contribution < -0.4 is 0 Å². The smallest absolute Gasteiger partial charge is 0.200 e. The van der Waals surface area contributed by atoms with E-state index in [1.54, 1.807) is 6.20 Å². The van der Waals surface area contributed by atoms with E-state index in [1.165, 1.54) is 11.1 Å². The minimum Gasteiger partial charge on any atom is -0.267 e. The summed E-state index contributed by atoms with van der Waals surface area (Å²) in [5.41, 5.74) is 5.37. The van der Waals surface area contributed by atoms with Crippen molar-refractivity contribution < 1.29 is 0 Å². The lowest BCUT2D eigenvalue weighted by Crippen LogP contribution is -2.10. The van der Waals surface area contributed by atoms with E-state index in [0.717, 1.165) is 27.4 Å². The molecule has 7 nitrogen and oxygen atoms in total. The summed E-state index contributed by atoms with van der Waals surface area (Å²) in [6, 6.07) is 8.51. The van der Waals surface area contributed by atoms with Crippen molar-refractivity contribution in [2.45, 2.75) is 33.9 Å². The molecule has 0 unspecified atom stereocenters. The lowest BCUT2D eigenvalue weighted by molar-refractivity contribution is 0.640. The van der Waals surface area contributed by atoms with Crippen molar-refractivity contribution >= 4 is 28.1 Å². The molecule has 0 spiro atoms. The molecule has 9 heteroatoms. The van der Waals surface area contributed by atoms with E-state index in [-0.39, 0.29) is 0 Å². The number of aromatic nitrogens is 7. The third-order valence-electron chi connectivity index (χ3n) is 4.67. The first-order valence-corrected chi connectivity index (χ1v) is 10.1. The van der Waals surface area contributed by atoms with Gasteiger partial charge in [0.15, 0.2) is 10.6 Å². The molecule has 0 amide bonds. The van der Waals surface area contributed by atoms with Crippen LogP contribution in [0, 0.1) is 25.5 Å². The molecule has 3 heterocycles. The highest BCUT2D eigenvalue weighted by atomic mass is 79.9. The fraction of sp³-hybridized carbons (Fsp3) is 0.263. The van der Waals surface area contributed by atoms with Gasteiger partial charge in [0, 0.05) is 6.20 Å². The van der Waals surface area contributed by atoms with E-state index in [4.69, 9.17) is 17.3 Å². The number of nitrogens with one attached hydrogen (secondary N) is 1. The molecule has 1 aromatic carbocycles. The summed E-state index contributed by atoms with van der Waals surface area (Å²) in [6.07, 6.45) is 3.66. The number of benzene rings is 1. The highest BCUT2D eigenvalue weighted by molar-refractivity contribution is 9.10. The molecule has 0 radical (unpaired) electrons. The third-order valence-corrected chi connectivity index (χ3v) is 5.35. The van der Waals surface area contributed by atoms with Gasteiger partial charge >= 0.3 is 0 Å². The van der Waals surface area contributed by atoms with Crippen molar-refractivity contribution in [1.29, 1.82) is 0 Å². The maximum atomic E-state index is 5.52. The third kappa shape index (κ3) is 3.59. The standard InChI is InChI=1S/C19H20BrN7S/c1-12-4-6-15(7-5-12)9-26-14(3)18(13(2)24-26)27-17(22-23-19(27)28)11-25-10-16(20)8-21-25/h4-8,10H,9,11H2,1-3H3,(H,23,28). The number of nitrogens with zero attached hydrogens (tertiary/aromatic N) is 6. The van der Waals surface area contributed by atoms with E-state index >= 15 is 0 Å². The van der Waals surface area contributed by atoms with Gasteiger partial charge in [-0.1, -0.05) is 29.8 Å². The summed E-state index contributed by atoms with van der Waals surface area (Å²) in [5, 5.41) is 16.4. The van der Waals surface area contributed by atoms with Gasteiger partial charge in [0.05, 0.1) is 34.3 Å². The summed E-state index contributed by atoms with van der Waals surface area (Å²) in [7, 11) is 0. The summed E-state index contributed by atoms with van der Waals surface area (Å²) in [4.78, 5) is 0. The molecule has 0 saturated heterocycles.